The topological polar surface area (TPSA) is 84.9 Å². The third-order valence-corrected chi connectivity index (χ3v) is 6.70. The summed E-state index contributed by atoms with van der Waals surface area (Å²) in [6.07, 6.45) is 1.56. The normalized spacial score (nSPS) is 14.3. The van der Waals surface area contributed by atoms with Crippen LogP contribution in [-0.4, -0.2) is 35.6 Å². The molecule has 36 heavy (non-hydrogen) atoms. The van der Waals surface area contributed by atoms with E-state index in [2.05, 4.69) is 27.9 Å². The number of rotatable bonds is 8. The summed E-state index contributed by atoms with van der Waals surface area (Å²) in [5.74, 6) is -0.695. The van der Waals surface area contributed by atoms with Crippen LogP contribution < -0.4 is 14.8 Å². The number of anilines is 1. The van der Waals surface area contributed by atoms with Crippen LogP contribution in [-0.2, 0) is 16.2 Å². The predicted octanol–water partition coefficient (Wildman–Crippen LogP) is 5.69. The van der Waals surface area contributed by atoms with Gasteiger partial charge in [-0.2, -0.15) is 0 Å². The number of imide groups is 1. The third kappa shape index (κ3) is 6.43. The molecule has 3 aromatic rings. The highest BCUT2D eigenvalue weighted by Gasteiger charge is 2.36. The van der Waals surface area contributed by atoms with E-state index in [9.17, 15) is 18.8 Å². The average Bonchev–Trinajstić information content (AvgIpc) is 3.11. The van der Waals surface area contributed by atoms with Crippen molar-refractivity contribution in [2.24, 2.45) is 0 Å². The second-order valence-electron chi connectivity index (χ2n) is 7.65. The molecule has 0 aliphatic carbocycles. The first kappa shape index (κ1) is 25.7. The van der Waals surface area contributed by atoms with Crippen molar-refractivity contribution >= 4 is 63.2 Å². The molecule has 1 saturated heterocycles. The second kappa shape index (κ2) is 11.6. The zero-order valence-electron chi connectivity index (χ0n) is 19.0. The van der Waals surface area contributed by atoms with Crippen molar-refractivity contribution in [1.29, 1.82) is 0 Å². The molecular formula is C26H20FIN2O5S. The van der Waals surface area contributed by atoms with E-state index in [4.69, 9.17) is 9.47 Å². The highest BCUT2D eigenvalue weighted by atomic mass is 127. The molecule has 3 aromatic carbocycles. The standard InChI is InChI=1S/C26H20FIN2O5S/c1-34-22-11-17(7-10-21(22)35-15-16-5-8-19(28)9-6-16)12-23-25(32)30(26(33)36-23)14-24(31)29-20-4-2-3-18(27)13-20/h2-13H,14-15H2,1H3,(H,29,31)/b23-12+. The number of nitrogens with zero attached hydrogens (tertiary/aromatic N) is 1. The largest absolute Gasteiger partial charge is 0.493 e. The molecule has 0 unspecified atom stereocenters. The number of amides is 3. The van der Waals surface area contributed by atoms with Gasteiger partial charge >= 0.3 is 0 Å². The number of halogens is 2. The summed E-state index contributed by atoms with van der Waals surface area (Å²) < 4.78 is 25.8. The van der Waals surface area contributed by atoms with E-state index in [1.54, 1.807) is 24.3 Å². The molecule has 1 fully saturated rings. The Kier molecular flexibility index (Phi) is 8.26. The van der Waals surface area contributed by atoms with E-state index in [1.165, 1.54) is 25.3 Å². The molecule has 3 amide bonds. The van der Waals surface area contributed by atoms with Gasteiger partial charge in [-0.1, -0.05) is 24.3 Å². The van der Waals surface area contributed by atoms with Gasteiger partial charge in [0.15, 0.2) is 11.5 Å². The lowest BCUT2D eigenvalue weighted by Crippen LogP contribution is -2.36. The van der Waals surface area contributed by atoms with Crippen LogP contribution in [0.15, 0.2) is 71.6 Å². The summed E-state index contributed by atoms with van der Waals surface area (Å²) in [5.41, 5.74) is 1.87. The zero-order chi connectivity index (χ0) is 25.7. The van der Waals surface area contributed by atoms with Crippen molar-refractivity contribution in [2.45, 2.75) is 6.61 Å². The van der Waals surface area contributed by atoms with Crippen LogP contribution in [0.4, 0.5) is 14.9 Å². The fourth-order valence-electron chi connectivity index (χ4n) is 3.33. The maximum Gasteiger partial charge on any atom is 0.294 e. The maximum absolute atomic E-state index is 13.3. The Morgan fingerprint density at radius 2 is 1.86 bits per heavy atom. The second-order valence-corrected chi connectivity index (χ2v) is 9.89. The Hall–Kier alpha value is -3.38. The summed E-state index contributed by atoms with van der Waals surface area (Å²) in [6, 6.07) is 18.5. The van der Waals surface area contributed by atoms with Crippen LogP contribution in [0.1, 0.15) is 11.1 Å². The van der Waals surface area contributed by atoms with Crippen molar-refractivity contribution in [3.05, 3.63) is 92.1 Å². The van der Waals surface area contributed by atoms with Gasteiger partial charge in [0, 0.05) is 9.26 Å². The molecule has 1 heterocycles. The Bertz CT molecular complexity index is 1350. The van der Waals surface area contributed by atoms with Gasteiger partial charge in [-0.15, -0.1) is 0 Å². The summed E-state index contributed by atoms with van der Waals surface area (Å²) in [7, 11) is 1.52. The summed E-state index contributed by atoms with van der Waals surface area (Å²) in [6.45, 7) is -0.115. The van der Waals surface area contributed by atoms with Gasteiger partial charge in [-0.3, -0.25) is 19.3 Å². The molecule has 1 N–H and O–H groups in total. The minimum absolute atomic E-state index is 0.174. The summed E-state index contributed by atoms with van der Waals surface area (Å²) >= 11 is 2.98. The minimum atomic E-state index is -0.611. The first-order chi connectivity index (χ1) is 17.3. The molecule has 7 nitrogen and oxygen atoms in total. The average molecular weight is 618 g/mol. The molecule has 184 valence electrons. The van der Waals surface area contributed by atoms with Crippen LogP contribution in [0, 0.1) is 9.39 Å². The monoisotopic (exact) mass is 618 g/mol. The number of methoxy groups -OCH3 is 1. The smallest absolute Gasteiger partial charge is 0.294 e. The van der Waals surface area contributed by atoms with Crippen LogP contribution in [0.5, 0.6) is 11.5 Å². The van der Waals surface area contributed by atoms with Crippen molar-refractivity contribution in [3.8, 4) is 11.5 Å². The Morgan fingerprint density at radius 3 is 2.58 bits per heavy atom. The highest BCUT2D eigenvalue weighted by Crippen LogP contribution is 2.34. The highest BCUT2D eigenvalue weighted by molar-refractivity contribution is 14.1. The zero-order valence-corrected chi connectivity index (χ0v) is 22.0. The van der Waals surface area contributed by atoms with Crippen LogP contribution >= 0.6 is 34.4 Å². The Balaban J connectivity index is 1.42. The molecule has 0 saturated carbocycles. The first-order valence-corrected chi connectivity index (χ1v) is 12.6. The lowest BCUT2D eigenvalue weighted by atomic mass is 10.1. The molecule has 4 rings (SSSR count). The molecule has 0 aromatic heterocycles. The minimum Gasteiger partial charge on any atom is -0.493 e. The van der Waals surface area contributed by atoms with E-state index in [1.807, 2.05) is 24.3 Å². The van der Waals surface area contributed by atoms with Gasteiger partial charge in [0.25, 0.3) is 11.1 Å². The third-order valence-electron chi connectivity index (χ3n) is 5.08. The van der Waals surface area contributed by atoms with Crippen LogP contribution in [0.25, 0.3) is 6.08 Å². The lowest BCUT2D eigenvalue weighted by Gasteiger charge is -2.13. The van der Waals surface area contributed by atoms with E-state index < -0.39 is 29.4 Å². The van der Waals surface area contributed by atoms with Gasteiger partial charge in [0.05, 0.1) is 12.0 Å². The molecule has 0 bridgehead atoms. The number of carbonyl (C=O) groups excluding carboxylic acids is 3. The van der Waals surface area contributed by atoms with E-state index in [0.29, 0.717) is 23.7 Å². The number of hydrogen-bond acceptors (Lipinski definition) is 6. The van der Waals surface area contributed by atoms with Crippen LogP contribution in [0.3, 0.4) is 0 Å². The molecule has 0 spiro atoms. The number of thioether (sulfide) groups is 1. The SMILES string of the molecule is COc1cc(/C=C2/SC(=O)N(CC(=O)Nc3cccc(F)c3)C2=O)ccc1OCc1ccc(I)cc1. The maximum atomic E-state index is 13.3. The van der Waals surface area contributed by atoms with Gasteiger partial charge in [-0.05, 0) is 94.0 Å². The molecule has 0 atom stereocenters. The molecule has 1 aliphatic heterocycles. The van der Waals surface area contributed by atoms with E-state index in [-0.39, 0.29) is 10.6 Å². The number of benzene rings is 3. The summed E-state index contributed by atoms with van der Waals surface area (Å²) in [5, 5.41) is 1.91. The molecule has 1 aliphatic rings. The number of nitrogens with one attached hydrogen (secondary N) is 1. The van der Waals surface area contributed by atoms with Gasteiger partial charge in [0.2, 0.25) is 5.91 Å². The number of carbonyl (C=O) groups is 3. The van der Waals surface area contributed by atoms with Crippen molar-refractivity contribution < 1.29 is 28.2 Å². The fourth-order valence-corrected chi connectivity index (χ4v) is 4.53. The van der Waals surface area contributed by atoms with Gasteiger partial charge in [-0.25, -0.2) is 4.39 Å². The Labute approximate surface area is 224 Å². The van der Waals surface area contributed by atoms with Gasteiger partial charge in [0.1, 0.15) is 19.0 Å². The van der Waals surface area contributed by atoms with Crippen molar-refractivity contribution in [2.75, 3.05) is 19.0 Å². The Morgan fingerprint density at radius 1 is 1.08 bits per heavy atom. The first-order valence-electron chi connectivity index (χ1n) is 10.7. The van der Waals surface area contributed by atoms with E-state index >= 15 is 0 Å². The van der Waals surface area contributed by atoms with Gasteiger partial charge < -0.3 is 14.8 Å². The molecular weight excluding hydrogens is 598 g/mol. The number of hydrogen-bond donors (Lipinski definition) is 1. The lowest BCUT2D eigenvalue weighted by molar-refractivity contribution is -0.127. The van der Waals surface area contributed by atoms with Crippen LogP contribution in [0.2, 0.25) is 0 Å². The quantitative estimate of drug-likeness (QED) is 0.258. The fraction of sp³-hybridized carbons (Fsp3) is 0.115. The van der Waals surface area contributed by atoms with Crippen molar-refractivity contribution in [3.63, 3.8) is 0 Å². The van der Waals surface area contributed by atoms with Crippen molar-refractivity contribution in [1.82, 2.24) is 4.90 Å². The predicted molar refractivity (Wildman–Crippen MR) is 144 cm³/mol. The van der Waals surface area contributed by atoms with E-state index in [0.717, 1.165) is 31.9 Å². The summed E-state index contributed by atoms with van der Waals surface area (Å²) in [4.78, 5) is 38.5. The number of ether oxygens (including phenoxy) is 2. The molecule has 10 heteroatoms. The molecule has 0 radical (unpaired) electrons.